The van der Waals surface area contributed by atoms with Crippen LogP contribution in [0.3, 0.4) is 0 Å². The minimum atomic E-state index is 0.434. The molecule has 0 amide bonds. The Labute approximate surface area is 113 Å². The third kappa shape index (κ3) is 3.83. The van der Waals surface area contributed by atoms with Crippen LogP contribution in [-0.2, 0) is 4.74 Å². The van der Waals surface area contributed by atoms with Gasteiger partial charge in [0.05, 0.1) is 18.2 Å². The van der Waals surface area contributed by atoms with E-state index in [4.69, 9.17) is 4.74 Å². The van der Waals surface area contributed by atoms with E-state index in [9.17, 15) is 0 Å². The van der Waals surface area contributed by atoms with Crippen LogP contribution in [0.4, 0.5) is 5.00 Å². The van der Waals surface area contributed by atoms with E-state index in [1.807, 2.05) is 11.3 Å². The number of hydrogen-bond acceptors (Lipinski definition) is 4. The molecule has 0 aliphatic carbocycles. The number of thiophene rings is 1. The number of nitrogens with one attached hydrogen (secondary N) is 1. The van der Waals surface area contributed by atoms with Crippen molar-refractivity contribution in [1.82, 2.24) is 5.32 Å². The maximum absolute atomic E-state index is 5.37. The Balaban J connectivity index is 1.93. The van der Waals surface area contributed by atoms with Crippen LogP contribution in [0.1, 0.15) is 18.7 Å². The Morgan fingerprint density at radius 3 is 2.94 bits per heavy atom. The molecule has 1 unspecified atom stereocenters. The van der Waals surface area contributed by atoms with Gasteiger partial charge in [-0.3, -0.25) is 0 Å². The molecule has 0 saturated carbocycles. The number of nitrogens with zero attached hydrogens (tertiary/aromatic N) is 1. The summed E-state index contributed by atoms with van der Waals surface area (Å²) in [6.07, 6.45) is 4.43. The van der Waals surface area contributed by atoms with Gasteiger partial charge in [-0.2, -0.15) is 0 Å². The van der Waals surface area contributed by atoms with Gasteiger partial charge in [0.25, 0.3) is 0 Å². The quantitative estimate of drug-likeness (QED) is 0.886. The van der Waals surface area contributed by atoms with Crippen LogP contribution in [0.25, 0.3) is 6.08 Å². The minimum absolute atomic E-state index is 0.434. The standard InChI is InChI=1S/C14H22N2OS/c1-3-15-12(2)4-5-13-6-7-14(18-13)16-8-10-17-11-9-16/h4-7,12,15H,3,8-11H2,1-2H3/b5-4+. The van der Waals surface area contributed by atoms with Crippen molar-refractivity contribution in [3.8, 4) is 0 Å². The zero-order valence-corrected chi connectivity index (χ0v) is 12.0. The van der Waals surface area contributed by atoms with Crippen LogP contribution >= 0.6 is 11.3 Å². The lowest BCUT2D eigenvalue weighted by Gasteiger charge is -2.27. The fraction of sp³-hybridized carbons (Fsp3) is 0.571. The fourth-order valence-electron chi connectivity index (χ4n) is 2.01. The minimum Gasteiger partial charge on any atom is -0.378 e. The highest BCUT2D eigenvalue weighted by Gasteiger charge is 2.12. The Morgan fingerprint density at radius 1 is 1.44 bits per heavy atom. The van der Waals surface area contributed by atoms with E-state index in [0.29, 0.717) is 6.04 Å². The van der Waals surface area contributed by atoms with Gasteiger partial charge in [-0.15, -0.1) is 11.3 Å². The summed E-state index contributed by atoms with van der Waals surface area (Å²) in [7, 11) is 0. The third-order valence-corrected chi connectivity index (χ3v) is 4.12. The first-order valence-corrected chi connectivity index (χ1v) is 7.45. The largest absolute Gasteiger partial charge is 0.378 e. The molecule has 1 atom stereocenters. The lowest BCUT2D eigenvalue weighted by molar-refractivity contribution is 0.123. The van der Waals surface area contributed by atoms with Crippen LogP contribution in [0.5, 0.6) is 0 Å². The van der Waals surface area contributed by atoms with Crippen molar-refractivity contribution in [1.29, 1.82) is 0 Å². The molecule has 1 aliphatic rings. The first kappa shape index (κ1) is 13.6. The van der Waals surface area contributed by atoms with Crippen molar-refractivity contribution in [2.75, 3.05) is 37.7 Å². The molecule has 2 heterocycles. The zero-order valence-electron chi connectivity index (χ0n) is 11.2. The van der Waals surface area contributed by atoms with Gasteiger partial charge in [0.1, 0.15) is 0 Å². The summed E-state index contributed by atoms with van der Waals surface area (Å²) in [5.41, 5.74) is 0. The third-order valence-electron chi connectivity index (χ3n) is 3.01. The summed E-state index contributed by atoms with van der Waals surface area (Å²) in [4.78, 5) is 3.72. The SMILES string of the molecule is CCNC(C)/C=C/c1ccc(N2CCOCC2)s1. The summed E-state index contributed by atoms with van der Waals surface area (Å²) in [6, 6.07) is 4.85. The Kier molecular flexibility index (Phi) is 5.23. The van der Waals surface area contributed by atoms with Crippen molar-refractivity contribution in [2.45, 2.75) is 19.9 Å². The van der Waals surface area contributed by atoms with E-state index in [2.05, 4.69) is 48.3 Å². The number of likely N-dealkylation sites (N-methyl/N-ethyl adjacent to an activating group) is 1. The predicted octanol–water partition coefficient (Wildman–Crippen LogP) is 2.60. The maximum atomic E-state index is 5.37. The molecule has 1 N–H and O–H groups in total. The number of anilines is 1. The highest BCUT2D eigenvalue weighted by Crippen LogP contribution is 2.27. The van der Waals surface area contributed by atoms with Gasteiger partial charge >= 0.3 is 0 Å². The van der Waals surface area contributed by atoms with Gasteiger partial charge < -0.3 is 15.0 Å². The summed E-state index contributed by atoms with van der Waals surface area (Å²) < 4.78 is 5.37. The van der Waals surface area contributed by atoms with Gasteiger partial charge in [-0.25, -0.2) is 0 Å². The molecular weight excluding hydrogens is 244 g/mol. The van der Waals surface area contributed by atoms with Gasteiger partial charge in [0.2, 0.25) is 0 Å². The van der Waals surface area contributed by atoms with E-state index in [1.165, 1.54) is 9.88 Å². The molecule has 3 nitrogen and oxygen atoms in total. The highest BCUT2D eigenvalue weighted by molar-refractivity contribution is 7.16. The first-order chi connectivity index (χ1) is 8.79. The van der Waals surface area contributed by atoms with Crippen LogP contribution < -0.4 is 10.2 Å². The second kappa shape index (κ2) is 6.92. The summed E-state index contributed by atoms with van der Waals surface area (Å²) in [5.74, 6) is 0. The van der Waals surface area contributed by atoms with E-state index >= 15 is 0 Å². The lowest BCUT2D eigenvalue weighted by atomic mass is 10.3. The molecule has 4 heteroatoms. The van der Waals surface area contributed by atoms with E-state index in [1.54, 1.807) is 0 Å². The Bertz CT molecular complexity index is 383. The molecule has 1 aromatic heterocycles. The monoisotopic (exact) mass is 266 g/mol. The zero-order chi connectivity index (χ0) is 12.8. The number of rotatable bonds is 5. The Morgan fingerprint density at radius 2 is 2.22 bits per heavy atom. The smallest absolute Gasteiger partial charge is 0.0916 e. The second-order valence-corrected chi connectivity index (χ2v) is 5.57. The van der Waals surface area contributed by atoms with Crippen LogP contribution in [0, 0.1) is 0 Å². The van der Waals surface area contributed by atoms with Crippen molar-refractivity contribution in [2.24, 2.45) is 0 Å². The molecule has 0 spiro atoms. The number of hydrogen-bond donors (Lipinski definition) is 1. The van der Waals surface area contributed by atoms with E-state index in [0.717, 1.165) is 32.8 Å². The molecular formula is C14H22N2OS. The van der Waals surface area contributed by atoms with Crippen LogP contribution in [0.15, 0.2) is 18.2 Å². The first-order valence-electron chi connectivity index (χ1n) is 6.63. The van der Waals surface area contributed by atoms with Gasteiger partial charge in [0, 0.05) is 24.0 Å². The molecule has 0 bridgehead atoms. The van der Waals surface area contributed by atoms with Gasteiger partial charge in [-0.05, 0) is 31.7 Å². The van der Waals surface area contributed by atoms with Crippen molar-refractivity contribution >= 4 is 22.4 Å². The topological polar surface area (TPSA) is 24.5 Å². The number of ether oxygens (including phenoxy) is 1. The van der Waals surface area contributed by atoms with E-state index in [-0.39, 0.29) is 0 Å². The maximum Gasteiger partial charge on any atom is 0.0916 e. The molecule has 100 valence electrons. The average molecular weight is 266 g/mol. The van der Waals surface area contributed by atoms with Crippen LogP contribution in [-0.4, -0.2) is 38.9 Å². The van der Waals surface area contributed by atoms with Crippen molar-refractivity contribution in [3.63, 3.8) is 0 Å². The highest BCUT2D eigenvalue weighted by atomic mass is 32.1. The molecule has 0 radical (unpaired) electrons. The molecule has 1 saturated heterocycles. The lowest BCUT2D eigenvalue weighted by Crippen LogP contribution is -2.35. The summed E-state index contributed by atoms with van der Waals surface area (Å²) in [5, 5.41) is 4.73. The fourth-order valence-corrected chi connectivity index (χ4v) is 2.99. The molecule has 2 rings (SSSR count). The van der Waals surface area contributed by atoms with Gasteiger partial charge in [-0.1, -0.05) is 13.0 Å². The molecule has 1 fully saturated rings. The van der Waals surface area contributed by atoms with Crippen molar-refractivity contribution < 1.29 is 4.74 Å². The van der Waals surface area contributed by atoms with Crippen molar-refractivity contribution in [3.05, 3.63) is 23.1 Å². The molecule has 1 aliphatic heterocycles. The molecule has 1 aromatic rings. The van der Waals surface area contributed by atoms with Crippen LogP contribution in [0.2, 0.25) is 0 Å². The number of morpholine rings is 1. The molecule has 0 aromatic carbocycles. The molecule has 18 heavy (non-hydrogen) atoms. The second-order valence-electron chi connectivity index (χ2n) is 4.48. The average Bonchev–Trinajstić information content (AvgIpc) is 2.87. The normalized spacial score (nSPS) is 18.4. The van der Waals surface area contributed by atoms with E-state index < -0.39 is 0 Å². The summed E-state index contributed by atoms with van der Waals surface area (Å²) >= 11 is 1.86. The summed E-state index contributed by atoms with van der Waals surface area (Å²) in [6.45, 7) is 9.04. The predicted molar refractivity (Wildman–Crippen MR) is 79.5 cm³/mol. The van der Waals surface area contributed by atoms with Gasteiger partial charge in [0.15, 0.2) is 0 Å². The Hall–Kier alpha value is -0.840.